The molecule has 27 heavy (non-hydrogen) atoms. The number of likely N-dealkylation sites (tertiary alicyclic amines) is 1. The van der Waals surface area contributed by atoms with Crippen molar-refractivity contribution in [2.45, 2.75) is 25.4 Å². The summed E-state index contributed by atoms with van der Waals surface area (Å²) in [7, 11) is 5.87. The molecule has 0 bridgehead atoms. The fourth-order valence-electron chi connectivity index (χ4n) is 3.58. The van der Waals surface area contributed by atoms with Crippen LogP contribution in [0.2, 0.25) is 0 Å². The minimum absolute atomic E-state index is 0.0376. The monoisotopic (exact) mass is 384 g/mol. The van der Waals surface area contributed by atoms with Crippen molar-refractivity contribution in [3.05, 3.63) is 41.2 Å². The van der Waals surface area contributed by atoms with Crippen LogP contribution in [0.15, 0.2) is 30.5 Å². The number of hydrogen-bond acceptors (Lipinski definition) is 5. The van der Waals surface area contributed by atoms with Crippen LogP contribution in [-0.4, -0.2) is 46.1 Å². The van der Waals surface area contributed by atoms with Gasteiger partial charge in [-0.1, -0.05) is 12.1 Å². The molecule has 0 spiro atoms. The summed E-state index contributed by atoms with van der Waals surface area (Å²) in [6.45, 7) is 1.22. The van der Waals surface area contributed by atoms with Gasteiger partial charge in [0.15, 0.2) is 0 Å². The van der Waals surface area contributed by atoms with Gasteiger partial charge in [0.05, 0.1) is 34.7 Å². The van der Waals surface area contributed by atoms with Crippen LogP contribution in [0, 0.1) is 0 Å². The lowest BCUT2D eigenvalue weighted by Crippen LogP contribution is -2.39. The Kier molecular flexibility index (Phi) is 4.73. The molecule has 7 nitrogen and oxygen atoms in total. The number of imidazole rings is 1. The molecule has 2 aromatic heterocycles. The molecule has 1 N–H and O–H groups in total. The van der Waals surface area contributed by atoms with E-state index < -0.39 is 0 Å². The van der Waals surface area contributed by atoms with Crippen LogP contribution in [0.4, 0.5) is 10.7 Å². The van der Waals surface area contributed by atoms with Crippen molar-refractivity contribution in [1.82, 2.24) is 24.8 Å². The van der Waals surface area contributed by atoms with Crippen LogP contribution in [0.3, 0.4) is 0 Å². The highest BCUT2D eigenvalue weighted by Gasteiger charge is 2.32. The van der Waals surface area contributed by atoms with E-state index in [0.717, 1.165) is 41.6 Å². The molecule has 0 saturated carbocycles. The minimum Gasteiger partial charge on any atom is -0.348 e. The van der Waals surface area contributed by atoms with Crippen molar-refractivity contribution in [2.75, 3.05) is 25.5 Å². The zero-order valence-electron chi connectivity index (χ0n) is 15.8. The van der Waals surface area contributed by atoms with Gasteiger partial charge in [0.25, 0.3) is 0 Å². The first-order chi connectivity index (χ1) is 13.0. The molecule has 1 atom stereocenters. The van der Waals surface area contributed by atoms with Gasteiger partial charge >= 0.3 is 6.03 Å². The first-order valence-electron chi connectivity index (χ1n) is 9.12. The van der Waals surface area contributed by atoms with Crippen LogP contribution in [0.5, 0.6) is 0 Å². The lowest BCUT2D eigenvalue weighted by molar-refractivity contribution is 0.192. The van der Waals surface area contributed by atoms with Crippen LogP contribution in [0.25, 0.3) is 10.2 Å². The Bertz CT molecular complexity index is 929. The van der Waals surface area contributed by atoms with Crippen LogP contribution < -0.4 is 10.2 Å². The number of rotatable bonds is 4. The molecule has 1 aliphatic rings. The minimum atomic E-state index is -0.0376. The average molecular weight is 385 g/mol. The molecular formula is C19H24N6OS. The third-order valence-electron chi connectivity index (χ3n) is 4.99. The lowest BCUT2D eigenvalue weighted by atomic mass is 10.2. The van der Waals surface area contributed by atoms with Gasteiger partial charge in [0, 0.05) is 27.7 Å². The Balaban J connectivity index is 1.46. The number of hydrogen-bond donors (Lipinski definition) is 1. The average Bonchev–Trinajstić information content (AvgIpc) is 3.37. The summed E-state index contributed by atoms with van der Waals surface area (Å²) in [4.78, 5) is 25.8. The number of carbonyl (C=O) groups excluding carboxylic acids is 1. The van der Waals surface area contributed by atoms with E-state index in [1.54, 1.807) is 11.3 Å². The zero-order valence-corrected chi connectivity index (χ0v) is 16.7. The van der Waals surface area contributed by atoms with Gasteiger partial charge in [-0.25, -0.2) is 14.8 Å². The maximum Gasteiger partial charge on any atom is 0.318 e. The van der Waals surface area contributed by atoms with Crippen molar-refractivity contribution in [3.63, 3.8) is 0 Å². The highest BCUT2D eigenvalue weighted by molar-refractivity contribution is 7.18. The third-order valence-corrected chi connectivity index (χ3v) is 6.13. The van der Waals surface area contributed by atoms with Gasteiger partial charge in [-0.05, 0) is 25.0 Å². The van der Waals surface area contributed by atoms with Gasteiger partial charge in [0.1, 0.15) is 5.01 Å². The molecule has 142 valence electrons. The maximum absolute atomic E-state index is 12.8. The fourth-order valence-corrected chi connectivity index (χ4v) is 4.70. The molecule has 0 radical (unpaired) electrons. The van der Waals surface area contributed by atoms with Crippen LogP contribution >= 0.6 is 11.3 Å². The molecule has 2 amide bonds. The summed E-state index contributed by atoms with van der Waals surface area (Å²) in [6, 6.07) is 8.16. The summed E-state index contributed by atoms with van der Waals surface area (Å²) in [6.07, 6.45) is 3.78. The summed E-state index contributed by atoms with van der Waals surface area (Å²) >= 11 is 1.69. The Morgan fingerprint density at radius 3 is 2.93 bits per heavy atom. The van der Waals surface area contributed by atoms with E-state index in [4.69, 9.17) is 4.98 Å². The Morgan fingerprint density at radius 2 is 2.19 bits per heavy atom. The van der Waals surface area contributed by atoms with Crippen molar-refractivity contribution >= 4 is 33.5 Å². The van der Waals surface area contributed by atoms with Gasteiger partial charge in [-0.2, -0.15) is 0 Å². The molecule has 0 aliphatic carbocycles. The molecule has 4 rings (SSSR count). The second-order valence-corrected chi connectivity index (χ2v) is 8.10. The van der Waals surface area contributed by atoms with Crippen molar-refractivity contribution in [2.24, 2.45) is 7.05 Å². The number of carbonyl (C=O) groups is 1. The van der Waals surface area contributed by atoms with E-state index in [1.165, 1.54) is 4.70 Å². The molecular weight excluding hydrogens is 360 g/mol. The molecule has 1 fully saturated rings. The van der Waals surface area contributed by atoms with E-state index in [2.05, 4.69) is 16.4 Å². The second-order valence-electron chi connectivity index (χ2n) is 7.03. The predicted molar refractivity (Wildman–Crippen MR) is 108 cm³/mol. The first kappa shape index (κ1) is 17.8. The zero-order chi connectivity index (χ0) is 19.0. The number of anilines is 1. The number of nitrogens with zero attached hydrogens (tertiary/aromatic N) is 5. The lowest BCUT2D eigenvalue weighted by Gasteiger charge is -2.23. The largest absolute Gasteiger partial charge is 0.348 e. The SMILES string of the molecule is CN(C)c1ncc(CNC(=O)N2CCCC2c2nc3ccccc3s2)n1C. The molecule has 1 unspecified atom stereocenters. The van der Waals surface area contributed by atoms with E-state index in [0.29, 0.717) is 6.54 Å². The van der Waals surface area contributed by atoms with Crippen molar-refractivity contribution in [3.8, 4) is 0 Å². The number of urea groups is 1. The maximum atomic E-state index is 12.8. The number of benzene rings is 1. The highest BCUT2D eigenvalue weighted by atomic mass is 32.1. The third kappa shape index (κ3) is 3.37. The van der Waals surface area contributed by atoms with Gasteiger partial charge in [-0.3, -0.25) is 0 Å². The number of para-hydroxylation sites is 1. The van der Waals surface area contributed by atoms with E-state index >= 15 is 0 Å². The van der Waals surface area contributed by atoms with E-state index in [-0.39, 0.29) is 12.1 Å². The topological polar surface area (TPSA) is 66.3 Å². The smallest absolute Gasteiger partial charge is 0.318 e. The number of fused-ring (bicyclic) bond motifs is 1. The Hall–Kier alpha value is -2.61. The molecule has 3 aromatic rings. The fraction of sp³-hybridized carbons (Fsp3) is 0.421. The second kappa shape index (κ2) is 7.19. The first-order valence-corrected chi connectivity index (χ1v) is 9.94. The van der Waals surface area contributed by atoms with Crippen molar-refractivity contribution < 1.29 is 4.79 Å². The number of thiazole rings is 1. The van der Waals surface area contributed by atoms with Gasteiger partial charge in [0.2, 0.25) is 5.95 Å². The predicted octanol–water partition coefficient (Wildman–Crippen LogP) is 3.14. The molecule has 1 saturated heterocycles. The molecule has 3 heterocycles. The standard InChI is InChI=1S/C19H24N6OS/c1-23(2)18-20-11-13(24(18)3)12-21-19(26)25-10-6-8-15(25)17-22-14-7-4-5-9-16(14)27-17/h4-5,7,9,11,15H,6,8,10,12H2,1-3H3,(H,21,26). The molecule has 1 aromatic carbocycles. The Morgan fingerprint density at radius 1 is 1.37 bits per heavy atom. The van der Waals surface area contributed by atoms with Crippen LogP contribution in [0.1, 0.15) is 29.6 Å². The van der Waals surface area contributed by atoms with Gasteiger partial charge in [-0.15, -0.1) is 11.3 Å². The number of aromatic nitrogens is 3. The summed E-state index contributed by atoms with van der Waals surface area (Å²) in [5, 5.41) is 4.08. The van der Waals surface area contributed by atoms with E-state index in [9.17, 15) is 4.79 Å². The van der Waals surface area contributed by atoms with Crippen molar-refractivity contribution in [1.29, 1.82) is 0 Å². The molecule has 1 aliphatic heterocycles. The number of nitrogens with one attached hydrogen (secondary N) is 1. The summed E-state index contributed by atoms with van der Waals surface area (Å²) in [5.41, 5.74) is 1.98. The highest BCUT2D eigenvalue weighted by Crippen LogP contribution is 2.36. The van der Waals surface area contributed by atoms with Gasteiger partial charge < -0.3 is 19.7 Å². The van der Waals surface area contributed by atoms with E-state index in [1.807, 2.05) is 59.9 Å². The normalized spacial score (nSPS) is 16.9. The van der Waals surface area contributed by atoms with Crippen LogP contribution in [-0.2, 0) is 13.6 Å². The quantitative estimate of drug-likeness (QED) is 0.750. The Labute approximate surface area is 162 Å². The molecule has 8 heteroatoms. The summed E-state index contributed by atoms with van der Waals surface area (Å²) < 4.78 is 3.17. The number of amides is 2. The summed E-state index contributed by atoms with van der Waals surface area (Å²) in [5.74, 6) is 0.868.